The fraction of sp³-hybridized carbons (Fsp3) is 0.400. The fourth-order valence-electron chi connectivity index (χ4n) is 3.92. The third-order valence-corrected chi connectivity index (χ3v) is 5.53. The average Bonchev–Trinajstić information content (AvgIpc) is 3.10. The molecule has 0 unspecified atom stereocenters. The smallest absolute Gasteiger partial charge is 0.410 e. The van der Waals surface area contributed by atoms with E-state index in [4.69, 9.17) is 9.72 Å². The Labute approximate surface area is 188 Å². The molecule has 0 saturated carbocycles. The van der Waals surface area contributed by atoms with Crippen LogP contribution in [0, 0.1) is 0 Å². The van der Waals surface area contributed by atoms with Crippen molar-refractivity contribution < 1.29 is 14.3 Å². The topological polar surface area (TPSA) is 76.5 Å². The van der Waals surface area contributed by atoms with Gasteiger partial charge in [0.05, 0.1) is 17.6 Å². The number of nitrogens with zero attached hydrogens (tertiary/aromatic N) is 3. The molecule has 7 nitrogen and oxygen atoms in total. The standard InChI is InChI=1S/C25H30N4O3/c1-25(2,3)32-24(31)28-15-13-19(14-16-28)26-23-27-20-11-7-8-12-21(20)29(23)17-22(30)18-9-5-4-6-10-18/h4-12,19H,13-17H2,1-3H3,(H,26,27). The zero-order chi connectivity index (χ0) is 22.7. The van der Waals surface area contributed by atoms with Crippen molar-refractivity contribution in [3.8, 4) is 0 Å². The minimum Gasteiger partial charge on any atom is -0.444 e. The van der Waals surface area contributed by atoms with Crippen molar-refractivity contribution in [2.75, 3.05) is 18.4 Å². The van der Waals surface area contributed by atoms with Crippen LogP contribution in [0.25, 0.3) is 11.0 Å². The summed E-state index contributed by atoms with van der Waals surface area (Å²) in [6.07, 6.45) is 1.31. The van der Waals surface area contributed by atoms with Gasteiger partial charge in [0.25, 0.3) is 0 Å². The number of Topliss-reactive ketones (excluding diaryl/α,β-unsaturated/α-hetero) is 1. The van der Waals surface area contributed by atoms with Gasteiger partial charge in [0.1, 0.15) is 5.60 Å². The molecular weight excluding hydrogens is 404 g/mol. The molecule has 0 radical (unpaired) electrons. The minimum absolute atomic E-state index is 0.0385. The average molecular weight is 435 g/mol. The lowest BCUT2D eigenvalue weighted by molar-refractivity contribution is 0.0210. The van der Waals surface area contributed by atoms with E-state index in [9.17, 15) is 9.59 Å². The molecule has 1 aromatic heterocycles. The first-order valence-electron chi connectivity index (χ1n) is 11.1. The molecule has 1 N–H and O–H groups in total. The Bertz CT molecular complexity index is 1090. The van der Waals surface area contributed by atoms with Gasteiger partial charge >= 0.3 is 6.09 Å². The number of ketones is 1. The number of hydrogen-bond acceptors (Lipinski definition) is 5. The van der Waals surface area contributed by atoms with E-state index in [2.05, 4.69) is 5.32 Å². The first-order valence-corrected chi connectivity index (χ1v) is 11.1. The van der Waals surface area contributed by atoms with Crippen molar-refractivity contribution >= 4 is 28.9 Å². The number of piperidine rings is 1. The molecule has 168 valence electrons. The van der Waals surface area contributed by atoms with Gasteiger partial charge in [-0.05, 0) is 45.7 Å². The van der Waals surface area contributed by atoms with E-state index < -0.39 is 5.60 Å². The van der Waals surface area contributed by atoms with Crippen LogP contribution in [-0.4, -0.2) is 51.1 Å². The molecule has 2 aromatic carbocycles. The summed E-state index contributed by atoms with van der Waals surface area (Å²) < 4.78 is 7.44. The Morgan fingerprint density at radius 2 is 1.69 bits per heavy atom. The van der Waals surface area contributed by atoms with E-state index in [1.807, 2.05) is 79.9 Å². The number of hydrogen-bond donors (Lipinski definition) is 1. The summed E-state index contributed by atoms with van der Waals surface area (Å²) in [5.41, 5.74) is 1.96. The van der Waals surface area contributed by atoms with Gasteiger partial charge < -0.3 is 19.5 Å². The first kappa shape index (κ1) is 21.9. The second-order valence-corrected chi connectivity index (χ2v) is 9.19. The molecule has 0 spiro atoms. The molecule has 1 aliphatic heterocycles. The normalized spacial score (nSPS) is 15.0. The number of anilines is 1. The van der Waals surface area contributed by atoms with Gasteiger partial charge in [-0.15, -0.1) is 0 Å². The highest BCUT2D eigenvalue weighted by Crippen LogP contribution is 2.24. The minimum atomic E-state index is -0.498. The summed E-state index contributed by atoms with van der Waals surface area (Å²) in [5, 5.41) is 3.52. The zero-order valence-electron chi connectivity index (χ0n) is 18.9. The lowest BCUT2D eigenvalue weighted by atomic mass is 10.1. The largest absolute Gasteiger partial charge is 0.444 e. The van der Waals surface area contributed by atoms with E-state index in [1.54, 1.807) is 4.90 Å². The Balaban J connectivity index is 1.47. The van der Waals surface area contributed by atoms with Gasteiger partial charge in [-0.2, -0.15) is 0 Å². The van der Waals surface area contributed by atoms with Gasteiger partial charge in [-0.25, -0.2) is 9.78 Å². The van der Waals surface area contributed by atoms with E-state index >= 15 is 0 Å². The number of nitrogens with one attached hydrogen (secondary N) is 1. The van der Waals surface area contributed by atoms with Crippen LogP contribution >= 0.6 is 0 Å². The SMILES string of the molecule is CC(C)(C)OC(=O)N1CCC(Nc2nc3ccccc3n2CC(=O)c2ccccc2)CC1. The van der Waals surface area contributed by atoms with Crippen LogP contribution in [0.3, 0.4) is 0 Å². The van der Waals surface area contributed by atoms with Crippen molar-refractivity contribution in [2.24, 2.45) is 0 Å². The number of likely N-dealkylation sites (tertiary alicyclic amines) is 1. The molecule has 0 atom stereocenters. The maximum absolute atomic E-state index is 12.9. The van der Waals surface area contributed by atoms with Crippen LogP contribution in [0.2, 0.25) is 0 Å². The van der Waals surface area contributed by atoms with Crippen LogP contribution in [-0.2, 0) is 11.3 Å². The number of benzene rings is 2. The molecule has 7 heteroatoms. The van der Waals surface area contributed by atoms with E-state index in [1.165, 1.54) is 0 Å². The number of amides is 1. The van der Waals surface area contributed by atoms with Crippen LogP contribution in [0.4, 0.5) is 10.7 Å². The number of fused-ring (bicyclic) bond motifs is 1. The molecule has 1 fully saturated rings. The summed E-state index contributed by atoms with van der Waals surface area (Å²) in [6, 6.07) is 17.3. The monoisotopic (exact) mass is 434 g/mol. The first-order chi connectivity index (χ1) is 15.3. The number of imidazole rings is 1. The lowest BCUT2D eigenvalue weighted by Gasteiger charge is -2.33. The third-order valence-electron chi connectivity index (χ3n) is 5.53. The highest BCUT2D eigenvalue weighted by atomic mass is 16.6. The predicted octanol–water partition coefficient (Wildman–Crippen LogP) is 4.73. The molecule has 1 aliphatic rings. The molecule has 3 aromatic rings. The van der Waals surface area contributed by atoms with Crippen LogP contribution < -0.4 is 5.32 Å². The Morgan fingerprint density at radius 1 is 1.03 bits per heavy atom. The number of ether oxygens (including phenoxy) is 1. The quantitative estimate of drug-likeness (QED) is 0.588. The molecular formula is C25H30N4O3. The molecule has 0 aliphatic carbocycles. The molecule has 1 saturated heterocycles. The fourth-order valence-corrected chi connectivity index (χ4v) is 3.92. The van der Waals surface area contributed by atoms with Gasteiger partial charge in [0.15, 0.2) is 5.78 Å². The van der Waals surface area contributed by atoms with E-state index in [-0.39, 0.29) is 24.5 Å². The number of aromatic nitrogens is 2. The number of carbonyl (C=O) groups excluding carboxylic acids is 2. The third kappa shape index (κ3) is 5.10. The summed E-state index contributed by atoms with van der Waals surface area (Å²) >= 11 is 0. The molecule has 4 rings (SSSR count). The Kier molecular flexibility index (Phi) is 6.17. The number of carbonyl (C=O) groups is 2. The number of rotatable bonds is 5. The van der Waals surface area contributed by atoms with Gasteiger partial charge in [-0.1, -0.05) is 42.5 Å². The van der Waals surface area contributed by atoms with Crippen molar-refractivity contribution in [1.82, 2.24) is 14.5 Å². The zero-order valence-corrected chi connectivity index (χ0v) is 18.9. The van der Waals surface area contributed by atoms with Crippen LogP contribution in [0.15, 0.2) is 54.6 Å². The van der Waals surface area contributed by atoms with E-state index in [0.29, 0.717) is 24.6 Å². The van der Waals surface area contributed by atoms with Gasteiger partial charge in [0.2, 0.25) is 5.95 Å². The lowest BCUT2D eigenvalue weighted by Crippen LogP contribution is -2.44. The summed E-state index contributed by atoms with van der Waals surface area (Å²) in [7, 11) is 0. The van der Waals surface area contributed by atoms with Crippen molar-refractivity contribution in [3.05, 3.63) is 60.2 Å². The molecule has 2 heterocycles. The maximum atomic E-state index is 12.9. The summed E-state index contributed by atoms with van der Waals surface area (Å²) in [4.78, 5) is 31.7. The van der Waals surface area contributed by atoms with Gasteiger partial charge in [0, 0.05) is 24.7 Å². The number of para-hydroxylation sites is 2. The Morgan fingerprint density at radius 3 is 2.38 bits per heavy atom. The maximum Gasteiger partial charge on any atom is 0.410 e. The van der Waals surface area contributed by atoms with Crippen molar-refractivity contribution in [3.63, 3.8) is 0 Å². The Hall–Kier alpha value is -3.35. The van der Waals surface area contributed by atoms with E-state index in [0.717, 1.165) is 23.9 Å². The second-order valence-electron chi connectivity index (χ2n) is 9.19. The van der Waals surface area contributed by atoms with Crippen molar-refractivity contribution in [1.29, 1.82) is 0 Å². The summed E-state index contributed by atoms with van der Waals surface area (Å²) in [5.74, 6) is 0.725. The molecule has 32 heavy (non-hydrogen) atoms. The predicted molar refractivity (Wildman–Crippen MR) is 125 cm³/mol. The van der Waals surface area contributed by atoms with Crippen LogP contribution in [0.1, 0.15) is 44.0 Å². The highest BCUT2D eigenvalue weighted by molar-refractivity contribution is 5.97. The van der Waals surface area contributed by atoms with Crippen molar-refractivity contribution in [2.45, 2.75) is 51.8 Å². The molecule has 0 bridgehead atoms. The molecule has 1 amide bonds. The van der Waals surface area contributed by atoms with Gasteiger partial charge in [-0.3, -0.25) is 4.79 Å². The second kappa shape index (κ2) is 9.02. The highest BCUT2D eigenvalue weighted by Gasteiger charge is 2.27. The summed E-state index contributed by atoms with van der Waals surface area (Å²) in [6.45, 7) is 7.08. The van der Waals surface area contributed by atoms with Crippen LogP contribution in [0.5, 0.6) is 0 Å².